The Morgan fingerprint density at radius 2 is 1.84 bits per heavy atom. The van der Waals surface area contributed by atoms with Crippen LogP contribution >= 0.6 is 0 Å². The Balaban J connectivity index is 1.72. The maximum atomic E-state index is 12.9. The molecule has 2 aliphatic carbocycles. The number of hydrogen-bond donors (Lipinski definition) is 2. The lowest BCUT2D eigenvalue weighted by Gasteiger charge is -2.43. The van der Waals surface area contributed by atoms with Gasteiger partial charge in [-0.1, -0.05) is 6.42 Å². The fraction of sp³-hybridized carbons (Fsp3) is 0.650. The molecule has 1 aromatic carbocycles. The molecule has 2 unspecified atom stereocenters. The summed E-state index contributed by atoms with van der Waals surface area (Å²) in [5.74, 6) is 2.53. The molecule has 138 valence electrons. The van der Waals surface area contributed by atoms with E-state index in [0.29, 0.717) is 36.5 Å². The van der Waals surface area contributed by atoms with Crippen molar-refractivity contribution in [1.82, 2.24) is 0 Å². The zero-order valence-electron chi connectivity index (χ0n) is 15.3. The second kappa shape index (κ2) is 8.09. The van der Waals surface area contributed by atoms with Gasteiger partial charge >= 0.3 is 0 Å². The van der Waals surface area contributed by atoms with Gasteiger partial charge in [0.05, 0.1) is 18.9 Å². The molecular formula is C20H30N2O3. The summed E-state index contributed by atoms with van der Waals surface area (Å²) in [5, 5.41) is 3.08. The number of nitrogens with one attached hydrogen (secondary N) is 1. The van der Waals surface area contributed by atoms with Crippen LogP contribution in [0.15, 0.2) is 18.2 Å². The number of rotatable bonds is 6. The summed E-state index contributed by atoms with van der Waals surface area (Å²) >= 11 is 0. The average Bonchev–Trinajstić information content (AvgIpc) is 2.57. The van der Waals surface area contributed by atoms with Crippen LogP contribution in [0, 0.1) is 17.8 Å². The molecule has 2 bridgehead atoms. The Bertz CT molecular complexity index is 591. The number of hydrogen-bond acceptors (Lipinski definition) is 4. The van der Waals surface area contributed by atoms with Gasteiger partial charge in [-0.15, -0.1) is 0 Å². The van der Waals surface area contributed by atoms with Crippen LogP contribution in [0.5, 0.6) is 11.5 Å². The van der Waals surface area contributed by atoms with Crippen LogP contribution < -0.4 is 20.5 Å². The molecule has 0 radical (unpaired) electrons. The van der Waals surface area contributed by atoms with Gasteiger partial charge < -0.3 is 20.5 Å². The Labute approximate surface area is 150 Å². The van der Waals surface area contributed by atoms with Gasteiger partial charge in [0.25, 0.3) is 0 Å². The largest absolute Gasteiger partial charge is 0.494 e. The number of anilines is 1. The van der Waals surface area contributed by atoms with Gasteiger partial charge in [-0.3, -0.25) is 4.79 Å². The monoisotopic (exact) mass is 346 g/mol. The third-order valence-electron chi connectivity index (χ3n) is 5.60. The zero-order chi connectivity index (χ0) is 17.8. The third-order valence-corrected chi connectivity index (χ3v) is 5.60. The van der Waals surface area contributed by atoms with E-state index in [0.717, 1.165) is 31.4 Å². The van der Waals surface area contributed by atoms with Crippen molar-refractivity contribution in [2.24, 2.45) is 23.5 Å². The lowest BCUT2D eigenvalue weighted by Crippen LogP contribution is -2.48. The van der Waals surface area contributed by atoms with Crippen molar-refractivity contribution in [2.45, 2.75) is 52.0 Å². The van der Waals surface area contributed by atoms with Crippen LogP contribution in [0.4, 0.5) is 5.69 Å². The lowest BCUT2D eigenvalue weighted by molar-refractivity contribution is -0.122. The first-order valence-corrected chi connectivity index (χ1v) is 9.58. The molecule has 5 nitrogen and oxygen atoms in total. The molecule has 0 spiro atoms. The molecular weight excluding hydrogens is 316 g/mol. The Morgan fingerprint density at radius 3 is 2.48 bits per heavy atom. The smallest absolute Gasteiger partial charge is 0.227 e. The summed E-state index contributed by atoms with van der Waals surface area (Å²) in [6.07, 6.45) is 5.37. The lowest BCUT2D eigenvalue weighted by atomic mass is 9.65. The fourth-order valence-corrected chi connectivity index (χ4v) is 4.38. The molecule has 0 saturated heterocycles. The Morgan fingerprint density at radius 1 is 1.16 bits per heavy atom. The van der Waals surface area contributed by atoms with E-state index in [1.807, 2.05) is 32.0 Å². The van der Waals surface area contributed by atoms with Crippen LogP contribution in [-0.4, -0.2) is 25.2 Å². The summed E-state index contributed by atoms with van der Waals surface area (Å²) in [6.45, 7) is 5.02. The summed E-state index contributed by atoms with van der Waals surface area (Å²) < 4.78 is 11.2. The van der Waals surface area contributed by atoms with E-state index in [1.165, 1.54) is 6.42 Å². The van der Waals surface area contributed by atoms with Crippen molar-refractivity contribution >= 4 is 11.6 Å². The predicted octanol–water partition coefficient (Wildman–Crippen LogP) is 3.58. The third kappa shape index (κ3) is 4.09. The molecule has 2 aliphatic rings. The van der Waals surface area contributed by atoms with Gasteiger partial charge in [-0.25, -0.2) is 0 Å². The van der Waals surface area contributed by atoms with E-state index in [-0.39, 0.29) is 17.9 Å². The van der Waals surface area contributed by atoms with E-state index in [9.17, 15) is 4.79 Å². The topological polar surface area (TPSA) is 73.6 Å². The van der Waals surface area contributed by atoms with Gasteiger partial charge in [-0.05, 0) is 63.5 Å². The number of fused-ring (bicyclic) bond motifs is 2. The van der Waals surface area contributed by atoms with E-state index >= 15 is 0 Å². The molecule has 0 aromatic heterocycles. The highest BCUT2D eigenvalue weighted by atomic mass is 16.5. The summed E-state index contributed by atoms with van der Waals surface area (Å²) in [5.41, 5.74) is 7.04. The van der Waals surface area contributed by atoms with Gasteiger partial charge in [0.1, 0.15) is 11.5 Å². The Hall–Kier alpha value is -1.75. The fourth-order valence-electron chi connectivity index (χ4n) is 4.38. The second-order valence-electron chi connectivity index (χ2n) is 7.21. The maximum absolute atomic E-state index is 12.9. The number of carbonyl (C=O) groups excluding carboxylic acids is 1. The van der Waals surface area contributed by atoms with Crippen LogP contribution in [0.2, 0.25) is 0 Å². The highest BCUT2D eigenvalue weighted by Gasteiger charge is 2.40. The van der Waals surface area contributed by atoms with E-state index in [4.69, 9.17) is 15.2 Å². The minimum absolute atomic E-state index is 0.0420. The molecule has 0 heterocycles. The molecule has 2 atom stereocenters. The van der Waals surface area contributed by atoms with Crippen LogP contribution in [0.1, 0.15) is 46.0 Å². The van der Waals surface area contributed by atoms with Crippen molar-refractivity contribution < 1.29 is 14.3 Å². The highest BCUT2D eigenvalue weighted by molar-refractivity contribution is 5.94. The van der Waals surface area contributed by atoms with Crippen molar-refractivity contribution in [3.8, 4) is 11.5 Å². The Kier molecular flexibility index (Phi) is 5.84. The van der Waals surface area contributed by atoms with E-state index in [1.54, 1.807) is 0 Å². The predicted molar refractivity (Wildman–Crippen MR) is 98.9 cm³/mol. The minimum atomic E-state index is 0.0420. The van der Waals surface area contributed by atoms with Crippen LogP contribution in [-0.2, 0) is 4.79 Å². The summed E-state index contributed by atoms with van der Waals surface area (Å²) in [4.78, 5) is 12.9. The molecule has 5 heteroatoms. The first kappa shape index (κ1) is 18.1. The molecule has 1 aromatic rings. The normalized spacial score (nSPS) is 28.3. The van der Waals surface area contributed by atoms with Crippen molar-refractivity contribution in [2.75, 3.05) is 18.5 Å². The molecule has 0 aliphatic heterocycles. The quantitative estimate of drug-likeness (QED) is 0.826. The molecule has 3 rings (SSSR count). The number of carbonyl (C=O) groups is 1. The molecule has 1 amide bonds. The van der Waals surface area contributed by atoms with Crippen molar-refractivity contribution in [3.63, 3.8) is 0 Å². The number of nitrogens with two attached hydrogens (primary N) is 1. The maximum Gasteiger partial charge on any atom is 0.227 e. The summed E-state index contributed by atoms with van der Waals surface area (Å²) in [6, 6.07) is 5.85. The minimum Gasteiger partial charge on any atom is -0.494 e. The van der Waals surface area contributed by atoms with Gasteiger partial charge in [0.15, 0.2) is 0 Å². The number of benzene rings is 1. The van der Waals surface area contributed by atoms with E-state index < -0.39 is 0 Å². The first-order valence-electron chi connectivity index (χ1n) is 9.58. The zero-order valence-corrected chi connectivity index (χ0v) is 15.3. The number of ether oxygens (including phenoxy) is 2. The van der Waals surface area contributed by atoms with Gasteiger partial charge in [0.2, 0.25) is 5.91 Å². The van der Waals surface area contributed by atoms with Crippen LogP contribution in [0.25, 0.3) is 0 Å². The van der Waals surface area contributed by atoms with Crippen molar-refractivity contribution in [3.05, 3.63) is 18.2 Å². The van der Waals surface area contributed by atoms with Crippen LogP contribution in [0.3, 0.4) is 0 Å². The highest BCUT2D eigenvalue weighted by Crippen LogP contribution is 2.42. The molecule has 3 N–H and O–H groups in total. The molecule has 2 saturated carbocycles. The standard InChI is InChI=1S/C20H30N2O3/c1-3-24-16-8-9-18(25-4-2)17(12-16)22-20(23)15-10-13-6-5-7-14(11-15)19(13)21/h8-9,12-15,19H,3-7,10-11,21H2,1-2H3,(H,22,23). The number of amides is 1. The average molecular weight is 346 g/mol. The van der Waals surface area contributed by atoms with Gasteiger partial charge in [-0.2, -0.15) is 0 Å². The van der Waals surface area contributed by atoms with E-state index in [2.05, 4.69) is 5.32 Å². The van der Waals surface area contributed by atoms with Gasteiger partial charge in [0, 0.05) is 18.0 Å². The second-order valence-corrected chi connectivity index (χ2v) is 7.21. The first-order chi connectivity index (χ1) is 12.1. The molecule has 25 heavy (non-hydrogen) atoms. The summed E-state index contributed by atoms with van der Waals surface area (Å²) in [7, 11) is 0. The van der Waals surface area contributed by atoms with Crippen molar-refractivity contribution in [1.29, 1.82) is 0 Å². The molecule has 2 fully saturated rings. The SMILES string of the molecule is CCOc1ccc(OCC)c(NC(=O)C2CC3CCCC(C2)C3N)c1.